The summed E-state index contributed by atoms with van der Waals surface area (Å²) in [5.41, 5.74) is -0.0792. The normalized spacial score (nSPS) is 11.4. The Labute approximate surface area is 123 Å². The van der Waals surface area contributed by atoms with Crippen molar-refractivity contribution in [2.45, 2.75) is 33.1 Å². The number of rotatable bonds is 7. The van der Waals surface area contributed by atoms with Gasteiger partial charge in [0.2, 0.25) is 5.91 Å². The zero-order chi connectivity index (χ0) is 15.2. The molecule has 0 aliphatic rings. The number of halogens is 3. The van der Waals surface area contributed by atoms with Crippen LogP contribution in [0.4, 0.5) is 8.78 Å². The van der Waals surface area contributed by atoms with Crippen LogP contribution in [0.3, 0.4) is 0 Å². The smallest absolute Gasteiger partial charge is 0.224 e. The average molecular weight is 304 g/mol. The fourth-order valence-electron chi connectivity index (χ4n) is 1.94. The van der Waals surface area contributed by atoms with Crippen LogP contribution >= 0.6 is 11.6 Å². The quantitative estimate of drug-likeness (QED) is 0.765. The lowest BCUT2D eigenvalue weighted by Crippen LogP contribution is -2.39. The summed E-state index contributed by atoms with van der Waals surface area (Å²) in [6, 6.07) is 3.83. The second-order valence-corrected chi connectivity index (χ2v) is 5.27. The van der Waals surface area contributed by atoms with Crippen LogP contribution in [0.1, 0.15) is 32.3 Å². The van der Waals surface area contributed by atoms with Gasteiger partial charge in [0.1, 0.15) is 0 Å². The summed E-state index contributed by atoms with van der Waals surface area (Å²) in [4.78, 5) is 11.8. The predicted molar refractivity (Wildman–Crippen MR) is 76.8 cm³/mol. The summed E-state index contributed by atoms with van der Waals surface area (Å²) in [5.74, 6) is -1.77. The van der Waals surface area contributed by atoms with Crippen molar-refractivity contribution in [1.82, 2.24) is 5.32 Å². The van der Waals surface area contributed by atoms with E-state index in [0.717, 1.165) is 18.9 Å². The second kappa shape index (κ2) is 7.58. The van der Waals surface area contributed by atoms with Crippen LogP contribution in [0.25, 0.3) is 0 Å². The van der Waals surface area contributed by atoms with Crippen LogP contribution in [-0.4, -0.2) is 18.3 Å². The molecule has 0 radical (unpaired) electrons. The number of benzene rings is 1. The lowest BCUT2D eigenvalue weighted by molar-refractivity contribution is -0.121. The Morgan fingerprint density at radius 2 is 1.95 bits per heavy atom. The van der Waals surface area contributed by atoms with E-state index in [4.69, 9.17) is 11.6 Å². The van der Waals surface area contributed by atoms with Crippen molar-refractivity contribution in [3.63, 3.8) is 0 Å². The average Bonchev–Trinajstić information content (AvgIpc) is 2.46. The molecule has 0 aliphatic heterocycles. The number of nitrogens with one attached hydrogen (secondary N) is 1. The van der Waals surface area contributed by atoms with Crippen molar-refractivity contribution in [1.29, 1.82) is 0 Å². The Kier molecular flexibility index (Phi) is 6.40. The highest BCUT2D eigenvalue weighted by atomic mass is 35.5. The summed E-state index contributed by atoms with van der Waals surface area (Å²) in [6.45, 7) is 4.48. The minimum atomic E-state index is -0.961. The first-order valence-electron chi connectivity index (χ1n) is 6.73. The summed E-state index contributed by atoms with van der Waals surface area (Å²) >= 11 is 5.95. The Morgan fingerprint density at radius 1 is 1.30 bits per heavy atom. The molecule has 0 unspecified atom stereocenters. The molecule has 5 heteroatoms. The van der Waals surface area contributed by atoms with Gasteiger partial charge in [-0.3, -0.25) is 4.79 Å². The molecule has 1 aromatic carbocycles. The van der Waals surface area contributed by atoms with E-state index in [-0.39, 0.29) is 23.3 Å². The van der Waals surface area contributed by atoms with Gasteiger partial charge in [0.05, 0.1) is 6.42 Å². The Hall–Kier alpha value is -1.16. The molecule has 0 atom stereocenters. The van der Waals surface area contributed by atoms with Gasteiger partial charge in [-0.05, 0) is 18.9 Å². The van der Waals surface area contributed by atoms with E-state index < -0.39 is 11.6 Å². The van der Waals surface area contributed by atoms with Gasteiger partial charge < -0.3 is 5.32 Å². The summed E-state index contributed by atoms with van der Waals surface area (Å²) in [5, 5.41) is 2.76. The van der Waals surface area contributed by atoms with E-state index in [1.165, 1.54) is 12.1 Å². The molecular weight excluding hydrogens is 284 g/mol. The van der Waals surface area contributed by atoms with E-state index in [1.807, 2.05) is 13.8 Å². The first kappa shape index (κ1) is 16.9. The van der Waals surface area contributed by atoms with Gasteiger partial charge in [0.15, 0.2) is 11.6 Å². The molecule has 0 saturated carbocycles. The molecule has 1 amide bonds. The number of hydrogen-bond donors (Lipinski definition) is 1. The molecule has 0 aliphatic carbocycles. The van der Waals surface area contributed by atoms with Gasteiger partial charge in [-0.2, -0.15) is 0 Å². The number of alkyl halides is 1. The van der Waals surface area contributed by atoms with Gasteiger partial charge in [-0.15, -0.1) is 11.6 Å². The molecule has 0 aromatic heterocycles. The number of carbonyl (C=O) groups is 1. The van der Waals surface area contributed by atoms with E-state index >= 15 is 0 Å². The molecule has 0 bridgehead atoms. The number of amides is 1. The third kappa shape index (κ3) is 4.17. The monoisotopic (exact) mass is 303 g/mol. The largest absolute Gasteiger partial charge is 0.355 e. The topological polar surface area (TPSA) is 29.1 Å². The Balaban J connectivity index is 2.62. The molecule has 0 saturated heterocycles. The molecular formula is C15H20ClF2NO. The first-order chi connectivity index (χ1) is 9.48. The zero-order valence-electron chi connectivity index (χ0n) is 11.8. The second-order valence-electron chi connectivity index (χ2n) is 5.01. The molecule has 0 spiro atoms. The van der Waals surface area contributed by atoms with Crippen molar-refractivity contribution in [2.24, 2.45) is 5.41 Å². The van der Waals surface area contributed by atoms with E-state index in [0.29, 0.717) is 12.4 Å². The highest BCUT2D eigenvalue weighted by molar-refractivity contribution is 6.18. The van der Waals surface area contributed by atoms with Crippen LogP contribution in [0.2, 0.25) is 0 Å². The van der Waals surface area contributed by atoms with Gasteiger partial charge in [0, 0.05) is 23.4 Å². The Morgan fingerprint density at radius 3 is 2.50 bits per heavy atom. The molecule has 1 N–H and O–H groups in total. The van der Waals surface area contributed by atoms with Crippen molar-refractivity contribution in [2.75, 3.05) is 12.4 Å². The molecule has 1 aromatic rings. The predicted octanol–water partition coefficient (Wildman–Crippen LogP) is 3.67. The fourth-order valence-corrected chi connectivity index (χ4v) is 2.42. The lowest BCUT2D eigenvalue weighted by Gasteiger charge is -2.29. The van der Waals surface area contributed by atoms with E-state index in [9.17, 15) is 13.6 Å². The van der Waals surface area contributed by atoms with Crippen LogP contribution in [-0.2, 0) is 11.2 Å². The molecule has 0 fully saturated rings. The standard InChI is InChI=1S/C15H20ClF2NO/c1-3-15(4-2,9-16)10-19-13(20)8-11-6-5-7-12(17)14(11)18/h5-7H,3-4,8-10H2,1-2H3,(H,19,20). The van der Waals surface area contributed by atoms with Gasteiger partial charge in [0.25, 0.3) is 0 Å². The minimum absolute atomic E-state index is 0.0620. The summed E-state index contributed by atoms with van der Waals surface area (Å²) < 4.78 is 26.5. The summed E-state index contributed by atoms with van der Waals surface area (Å²) in [6.07, 6.45) is 1.53. The van der Waals surface area contributed by atoms with Crippen LogP contribution in [0, 0.1) is 17.0 Å². The highest BCUT2D eigenvalue weighted by Gasteiger charge is 2.25. The highest BCUT2D eigenvalue weighted by Crippen LogP contribution is 2.26. The van der Waals surface area contributed by atoms with E-state index in [1.54, 1.807) is 0 Å². The third-order valence-corrected chi connectivity index (χ3v) is 4.39. The molecule has 2 nitrogen and oxygen atoms in total. The van der Waals surface area contributed by atoms with E-state index in [2.05, 4.69) is 5.32 Å². The van der Waals surface area contributed by atoms with Crippen LogP contribution in [0.15, 0.2) is 18.2 Å². The zero-order valence-corrected chi connectivity index (χ0v) is 12.6. The van der Waals surface area contributed by atoms with Gasteiger partial charge in [-0.1, -0.05) is 26.0 Å². The Bertz CT molecular complexity index is 453. The SMILES string of the molecule is CCC(CC)(CCl)CNC(=O)Cc1cccc(F)c1F. The minimum Gasteiger partial charge on any atom is -0.355 e. The molecule has 0 heterocycles. The van der Waals surface area contributed by atoms with Crippen LogP contribution in [0.5, 0.6) is 0 Å². The summed E-state index contributed by atoms with van der Waals surface area (Å²) in [7, 11) is 0. The van der Waals surface area contributed by atoms with Crippen molar-refractivity contribution in [3.8, 4) is 0 Å². The molecule has 1 rings (SSSR count). The maximum atomic E-state index is 13.5. The maximum Gasteiger partial charge on any atom is 0.224 e. The van der Waals surface area contributed by atoms with Crippen molar-refractivity contribution in [3.05, 3.63) is 35.4 Å². The number of carbonyl (C=O) groups excluding carboxylic acids is 1. The molecule has 112 valence electrons. The van der Waals surface area contributed by atoms with Crippen LogP contribution < -0.4 is 5.32 Å². The van der Waals surface area contributed by atoms with Gasteiger partial charge in [-0.25, -0.2) is 8.78 Å². The van der Waals surface area contributed by atoms with Crippen molar-refractivity contribution >= 4 is 17.5 Å². The van der Waals surface area contributed by atoms with Gasteiger partial charge >= 0.3 is 0 Å². The fraction of sp³-hybridized carbons (Fsp3) is 0.533. The lowest BCUT2D eigenvalue weighted by atomic mass is 9.84. The third-order valence-electron chi connectivity index (χ3n) is 3.83. The van der Waals surface area contributed by atoms with Crippen molar-refractivity contribution < 1.29 is 13.6 Å². The first-order valence-corrected chi connectivity index (χ1v) is 7.27. The molecule has 20 heavy (non-hydrogen) atoms. The maximum absolute atomic E-state index is 13.5. The number of hydrogen-bond acceptors (Lipinski definition) is 1.